The molecule has 4 nitrogen and oxygen atoms in total. The summed E-state index contributed by atoms with van der Waals surface area (Å²) in [5, 5.41) is 3.73. The zero-order chi connectivity index (χ0) is 18.5. The number of carbonyl (C=O) groups excluding carboxylic acids is 1. The maximum Gasteiger partial charge on any atom is 0.251 e. The van der Waals surface area contributed by atoms with Gasteiger partial charge in [0.2, 0.25) is 0 Å². The van der Waals surface area contributed by atoms with Crippen LogP contribution >= 0.6 is 11.6 Å². The van der Waals surface area contributed by atoms with E-state index in [1.165, 1.54) is 24.1 Å². The molecule has 1 unspecified atom stereocenters. The van der Waals surface area contributed by atoms with Crippen LogP contribution in [0.15, 0.2) is 48.5 Å². The first-order valence-corrected chi connectivity index (χ1v) is 9.47. The molecule has 3 rings (SSSR count). The van der Waals surface area contributed by atoms with Crippen molar-refractivity contribution in [2.24, 2.45) is 0 Å². The van der Waals surface area contributed by atoms with E-state index in [0.29, 0.717) is 17.1 Å². The van der Waals surface area contributed by atoms with E-state index in [1.54, 1.807) is 24.3 Å². The number of carbonyl (C=O) groups is 1. The van der Waals surface area contributed by atoms with Crippen molar-refractivity contribution in [2.45, 2.75) is 18.9 Å². The zero-order valence-corrected chi connectivity index (χ0v) is 16.2. The van der Waals surface area contributed by atoms with Crippen LogP contribution in [0.5, 0.6) is 0 Å². The molecule has 26 heavy (non-hydrogen) atoms. The summed E-state index contributed by atoms with van der Waals surface area (Å²) in [6.45, 7) is 2.76. The number of likely N-dealkylation sites (tertiary alicyclic amines) is 1. The summed E-state index contributed by atoms with van der Waals surface area (Å²) >= 11 is 5.90. The number of rotatable bonds is 6. The molecular formula is C21H26ClN3O. The minimum atomic E-state index is -0.0595. The molecule has 2 aromatic carbocycles. The Bertz CT molecular complexity index is 722. The van der Waals surface area contributed by atoms with E-state index < -0.39 is 0 Å². The largest absolute Gasteiger partial charge is 0.378 e. The molecule has 0 radical (unpaired) electrons. The van der Waals surface area contributed by atoms with Crippen molar-refractivity contribution < 1.29 is 4.79 Å². The summed E-state index contributed by atoms with van der Waals surface area (Å²) in [6, 6.07) is 15.8. The molecule has 1 amide bonds. The Morgan fingerprint density at radius 2 is 1.69 bits per heavy atom. The number of anilines is 1. The van der Waals surface area contributed by atoms with Crippen LogP contribution in [-0.4, -0.2) is 44.5 Å². The molecule has 1 aliphatic rings. The maximum atomic E-state index is 12.5. The molecule has 1 fully saturated rings. The van der Waals surface area contributed by atoms with E-state index >= 15 is 0 Å². The first-order chi connectivity index (χ1) is 12.5. The summed E-state index contributed by atoms with van der Waals surface area (Å²) in [6.07, 6.45) is 2.44. The average molecular weight is 372 g/mol. The lowest BCUT2D eigenvalue weighted by molar-refractivity contribution is 0.0938. The second-order valence-corrected chi connectivity index (χ2v) is 7.40. The minimum Gasteiger partial charge on any atom is -0.378 e. The van der Waals surface area contributed by atoms with Gasteiger partial charge in [-0.25, -0.2) is 0 Å². The molecule has 0 aliphatic carbocycles. The second-order valence-electron chi connectivity index (χ2n) is 6.96. The molecule has 0 bridgehead atoms. The molecule has 2 aromatic rings. The van der Waals surface area contributed by atoms with Gasteiger partial charge in [-0.05, 0) is 67.9 Å². The number of nitrogens with one attached hydrogen (secondary N) is 1. The highest BCUT2D eigenvalue weighted by Crippen LogP contribution is 2.26. The van der Waals surface area contributed by atoms with Crippen molar-refractivity contribution in [2.75, 3.05) is 38.6 Å². The Labute approximate surface area is 160 Å². The van der Waals surface area contributed by atoms with E-state index in [-0.39, 0.29) is 11.9 Å². The summed E-state index contributed by atoms with van der Waals surface area (Å²) in [4.78, 5) is 17.0. The van der Waals surface area contributed by atoms with Crippen LogP contribution in [0.3, 0.4) is 0 Å². The summed E-state index contributed by atoms with van der Waals surface area (Å²) in [7, 11) is 4.08. The van der Waals surface area contributed by atoms with E-state index in [1.807, 2.05) is 14.1 Å². The Kier molecular flexibility index (Phi) is 6.17. The molecule has 0 aromatic heterocycles. The molecule has 5 heteroatoms. The quantitative estimate of drug-likeness (QED) is 0.834. The van der Waals surface area contributed by atoms with Gasteiger partial charge < -0.3 is 10.2 Å². The molecule has 0 saturated carbocycles. The summed E-state index contributed by atoms with van der Waals surface area (Å²) in [5.41, 5.74) is 3.06. The molecule has 138 valence electrons. The Balaban J connectivity index is 1.72. The van der Waals surface area contributed by atoms with Gasteiger partial charge in [0.1, 0.15) is 0 Å². The molecule has 1 atom stereocenters. The van der Waals surface area contributed by atoms with Gasteiger partial charge in [-0.15, -0.1) is 0 Å². The number of nitrogens with zero attached hydrogens (tertiary/aromatic N) is 2. The number of hydrogen-bond acceptors (Lipinski definition) is 3. The normalized spacial score (nSPS) is 15.7. The van der Waals surface area contributed by atoms with Crippen molar-refractivity contribution in [1.82, 2.24) is 10.2 Å². The fourth-order valence-electron chi connectivity index (χ4n) is 3.40. The highest BCUT2D eigenvalue weighted by atomic mass is 35.5. The molecule has 1 N–H and O–H groups in total. The smallest absolute Gasteiger partial charge is 0.251 e. The van der Waals surface area contributed by atoms with Crippen molar-refractivity contribution in [1.29, 1.82) is 0 Å². The lowest BCUT2D eigenvalue weighted by atomic mass is 10.0. The van der Waals surface area contributed by atoms with Gasteiger partial charge in [0.15, 0.2) is 0 Å². The predicted molar refractivity (Wildman–Crippen MR) is 108 cm³/mol. The van der Waals surface area contributed by atoms with Gasteiger partial charge in [0.25, 0.3) is 5.91 Å². The third kappa shape index (κ3) is 4.57. The van der Waals surface area contributed by atoms with Crippen molar-refractivity contribution >= 4 is 23.2 Å². The summed E-state index contributed by atoms with van der Waals surface area (Å²) < 4.78 is 0. The first-order valence-electron chi connectivity index (χ1n) is 9.10. The van der Waals surface area contributed by atoms with E-state index in [9.17, 15) is 4.79 Å². The van der Waals surface area contributed by atoms with Gasteiger partial charge in [-0.3, -0.25) is 9.69 Å². The van der Waals surface area contributed by atoms with Crippen LogP contribution in [0.2, 0.25) is 5.02 Å². The van der Waals surface area contributed by atoms with Crippen LogP contribution in [-0.2, 0) is 0 Å². The Morgan fingerprint density at radius 1 is 1.08 bits per heavy atom. The molecule has 1 heterocycles. The second kappa shape index (κ2) is 8.56. The van der Waals surface area contributed by atoms with Crippen LogP contribution in [0, 0.1) is 0 Å². The first kappa shape index (κ1) is 18.7. The van der Waals surface area contributed by atoms with Crippen molar-refractivity contribution in [3.05, 3.63) is 64.7 Å². The maximum absolute atomic E-state index is 12.5. The van der Waals surface area contributed by atoms with Crippen LogP contribution in [0.4, 0.5) is 5.69 Å². The van der Waals surface area contributed by atoms with Crippen molar-refractivity contribution in [3.63, 3.8) is 0 Å². The monoisotopic (exact) mass is 371 g/mol. The lowest BCUT2D eigenvalue weighted by Gasteiger charge is -2.28. The Morgan fingerprint density at radius 3 is 2.27 bits per heavy atom. The molecule has 1 saturated heterocycles. The zero-order valence-electron chi connectivity index (χ0n) is 15.4. The van der Waals surface area contributed by atoms with E-state index in [4.69, 9.17) is 11.6 Å². The average Bonchev–Trinajstić information content (AvgIpc) is 3.17. The third-order valence-corrected chi connectivity index (χ3v) is 5.19. The highest BCUT2D eigenvalue weighted by Gasteiger charge is 2.24. The van der Waals surface area contributed by atoms with Gasteiger partial charge in [-0.2, -0.15) is 0 Å². The Hall–Kier alpha value is -2.04. The van der Waals surface area contributed by atoms with Gasteiger partial charge in [-0.1, -0.05) is 23.7 Å². The van der Waals surface area contributed by atoms with Gasteiger partial charge in [0.05, 0.1) is 6.04 Å². The fraction of sp³-hybridized carbons (Fsp3) is 0.381. The number of halogens is 1. The van der Waals surface area contributed by atoms with Gasteiger partial charge in [0, 0.05) is 36.9 Å². The SMILES string of the molecule is CN(C)c1ccc(C(CNC(=O)c2ccc(Cl)cc2)N2CCCC2)cc1. The lowest BCUT2D eigenvalue weighted by Crippen LogP contribution is -2.36. The highest BCUT2D eigenvalue weighted by molar-refractivity contribution is 6.30. The minimum absolute atomic E-state index is 0.0595. The third-order valence-electron chi connectivity index (χ3n) is 4.94. The van der Waals surface area contributed by atoms with Crippen LogP contribution < -0.4 is 10.2 Å². The molecule has 1 aliphatic heterocycles. The predicted octanol–water partition coefficient (Wildman–Crippen LogP) is 3.97. The van der Waals surface area contributed by atoms with Crippen LogP contribution in [0.25, 0.3) is 0 Å². The number of benzene rings is 2. The summed E-state index contributed by atoms with van der Waals surface area (Å²) in [5.74, 6) is -0.0595. The molecular weight excluding hydrogens is 346 g/mol. The van der Waals surface area contributed by atoms with E-state index in [2.05, 4.69) is 39.4 Å². The topological polar surface area (TPSA) is 35.6 Å². The standard InChI is InChI=1S/C21H26ClN3O/c1-24(2)19-11-7-16(8-12-19)20(25-13-3-4-14-25)15-23-21(26)17-5-9-18(22)10-6-17/h5-12,20H,3-4,13-15H2,1-2H3,(H,23,26). The number of hydrogen-bond donors (Lipinski definition) is 1. The van der Waals surface area contributed by atoms with Gasteiger partial charge >= 0.3 is 0 Å². The van der Waals surface area contributed by atoms with E-state index in [0.717, 1.165) is 13.1 Å². The molecule has 0 spiro atoms. The fourth-order valence-corrected chi connectivity index (χ4v) is 3.52. The van der Waals surface area contributed by atoms with Crippen LogP contribution in [0.1, 0.15) is 34.8 Å². The number of amides is 1. The van der Waals surface area contributed by atoms with Crippen molar-refractivity contribution in [3.8, 4) is 0 Å².